The Hall–Kier alpha value is -2.01. The van der Waals surface area contributed by atoms with Crippen LogP contribution < -0.4 is 0 Å². The molecule has 0 aliphatic carbocycles. The van der Waals surface area contributed by atoms with Crippen molar-refractivity contribution in [1.29, 1.82) is 0 Å². The van der Waals surface area contributed by atoms with Crippen LogP contribution in [0.15, 0.2) is 24.3 Å². The van der Waals surface area contributed by atoms with E-state index >= 15 is 0 Å². The third-order valence-corrected chi connectivity index (χ3v) is 4.03. The zero-order valence-corrected chi connectivity index (χ0v) is 12.5. The predicted octanol–water partition coefficient (Wildman–Crippen LogP) is 1.60. The summed E-state index contributed by atoms with van der Waals surface area (Å²) < 4.78 is 0. The molecule has 110 valence electrons. The largest absolute Gasteiger partial charge is 0.340 e. The molecule has 1 amide bonds. The van der Waals surface area contributed by atoms with Gasteiger partial charge in [0.1, 0.15) is 0 Å². The SMILES string of the molecule is CC(=O)N1CCN(Cc2nc3ccccc3nc2C)CC1. The molecule has 2 aromatic rings. The highest BCUT2D eigenvalue weighted by Gasteiger charge is 2.19. The van der Waals surface area contributed by atoms with Gasteiger partial charge >= 0.3 is 0 Å². The number of rotatable bonds is 2. The van der Waals surface area contributed by atoms with Crippen LogP contribution in [-0.4, -0.2) is 51.9 Å². The van der Waals surface area contributed by atoms with Gasteiger partial charge in [-0.2, -0.15) is 0 Å². The molecule has 3 rings (SSSR count). The standard InChI is InChI=1S/C16H20N4O/c1-12-16(18-15-6-4-3-5-14(15)17-12)11-19-7-9-20(10-8-19)13(2)21/h3-6H,7-11H2,1-2H3. The van der Waals surface area contributed by atoms with Crippen molar-refractivity contribution in [3.63, 3.8) is 0 Å². The number of aromatic nitrogens is 2. The first kappa shape index (κ1) is 13.9. The monoisotopic (exact) mass is 284 g/mol. The van der Waals surface area contributed by atoms with Gasteiger partial charge in [0.2, 0.25) is 5.91 Å². The highest BCUT2D eigenvalue weighted by molar-refractivity contribution is 5.74. The number of carbonyl (C=O) groups is 1. The fraction of sp³-hybridized carbons (Fsp3) is 0.438. The lowest BCUT2D eigenvalue weighted by Crippen LogP contribution is -2.47. The summed E-state index contributed by atoms with van der Waals surface area (Å²) in [6.07, 6.45) is 0. The van der Waals surface area contributed by atoms with E-state index in [0.717, 1.165) is 55.1 Å². The lowest BCUT2D eigenvalue weighted by atomic mass is 10.2. The fourth-order valence-electron chi connectivity index (χ4n) is 2.71. The number of aryl methyl sites for hydroxylation is 1. The van der Waals surface area contributed by atoms with Gasteiger partial charge in [0.05, 0.1) is 22.4 Å². The molecule has 0 atom stereocenters. The summed E-state index contributed by atoms with van der Waals surface area (Å²) in [4.78, 5) is 25.0. The molecular formula is C16H20N4O. The number of para-hydroxylation sites is 2. The van der Waals surface area contributed by atoms with Crippen LogP contribution in [0.5, 0.6) is 0 Å². The summed E-state index contributed by atoms with van der Waals surface area (Å²) in [5, 5.41) is 0. The number of nitrogens with zero attached hydrogens (tertiary/aromatic N) is 4. The van der Waals surface area contributed by atoms with E-state index < -0.39 is 0 Å². The fourth-order valence-corrected chi connectivity index (χ4v) is 2.71. The van der Waals surface area contributed by atoms with Crippen LogP contribution in [0, 0.1) is 6.92 Å². The third-order valence-electron chi connectivity index (χ3n) is 4.03. The van der Waals surface area contributed by atoms with Crippen molar-refractivity contribution < 1.29 is 4.79 Å². The molecular weight excluding hydrogens is 264 g/mol. The van der Waals surface area contributed by atoms with Gasteiger partial charge < -0.3 is 4.90 Å². The summed E-state index contributed by atoms with van der Waals surface area (Å²) in [7, 11) is 0. The Kier molecular flexibility index (Phi) is 3.84. The summed E-state index contributed by atoms with van der Waals surface area (Å²) in [6, 6.07) is 7.96. The molecule has 1 saturated heterocycles. The Morgan fingerprint density at radius 3 is 2.33 bits per heavy atom. The van der Waals surface area contributed by atoms with Gasteiger partial charge in [-0.3, -0.25) is 9.69 Å². The second-order valence-corrected chi connectivity index (χ2v) is 5.53. The maximum Gasteiger partial charge on any atom is 0.219 e. The molecule has 1 aliphatic heterocycles. The van der Waals surface area contributed by atoms with Crippen LogP contribution in [0.4, 0.5) is 0 Å². The van der Waals surface area contributed by atoms with Gasteiger partial charge in [0.15, 0.2) is 0 Å². The highest BCUT2D eigenvalue weighted by Crippen LogP contribution is 2.14. The summed E-state index contributed by atoms with van der Waals surface area (Å²) >= 11 is 0. The smallest absolute Gasteiger partial charge is 0.219 e. The molecule has 1 fully saturated rings. The Morgan fingerprint density at radius 2 is 1.71 bits per heavy atom. The number of amides is 1. The molecule has 1 aliphatic rings. The van der Waals surface area contributed by atoms with Crippen molar-refractivity contribution in [2.24, 2.45) is 0 Å². The van der Waals surface area contributed by atoms with Gasteiger partial charge in [-0.1, -0.05) is 12.1 Å². The summed E-state index contributed by atoms with van der Waals surface area (Å²) in [5.41, 5.74) is 3.91. The average Bonchev–Trinajstić information content (AvgIpc) is 2.48. The van der Waals surface area contributed by atoms with E-state index in [0.29, 0.717) is 0 Å². The molecule has 0 N–H and O–H groups in total. The lowest BCUT2D eigenvalue weighted by molar-refractivity contribution is -0.130. The number of hydrogen-bond donors (Lipinski definition) is 0. The van der Waals surface area contributed by atoms with Crippen LogP contribution in [0.3, 0.4) is 0 Å². The van der Waals surface area contributed by atoms with Crippen molar-refractivity contribution in [1.82, 2.24) is 19.8 Å². The van der Waals surface area contributed by atoms with Crippen molar-refractivity contribution >= 4 is 16.9 Å². The lowest BCUT2D eigenvalue weighted by Gasteiger charge is -2.34. The maximum atomic E-state index is 11.3. The molecule has 21 heavy (non-hydrogen) atoms. The second kappa shape index (κ2) is 5.77. The third kappa shape index (κ3) is 3.03. The van der Waals surface area contributed by atoms with Crippen LogP contribution in [-0.2, 0) is 11.3 Å². The molecule has 0 unspecified atom stereocenters. The number of carbonyl (C=O) groups excluding carboxylic acids is 1. The molecule has 2 heterocycles. The van der Waals surface area contributed by atoms with Crippen LogP contribution in [0.2, 0.25) is 0 Å². The van der Waals surface area contributed by atoms with Crippen molar-refractivity contribution in [3.05, 3.63) is 35.7 Å². The van der Waals surface area contributed by atoms with E-state index in [4.69, 9.17) is 4.98 Å². The van der Waals surface area contributed by atoms with E-state index in [1.807, 2.05) is 36.1 Å². The number of fused-ring (bicyclic) bond motifs is 1. The minimum absolute atomic E-state index is 0.163. The van der Waals surface area contributed by atoms with Crippen molar-refractivity contribution in [3.8, 4) is 0 Å². The number of hydrogen-bond acceptors (Lipinski definition) is 4. The molecule has 0 radical (unpaired) electrons. The molecule has 5 nitrogen and oxygen atoms in total. The molecule has 0 saturated carbocycles. The van der Waals surface area contributed by atoms with Crippen molar-refractivity contribution in [2.75, 3.05) is 26.2 Å². The van der Waals surface area contributed by atoms with Crippen molar-refractivity contribution in [2.45, 2.75) is 20.4 Å². The van der Waals surface area contributed by atoms with E-state index in [2.05, 4.69) is 9.88 Å². The average molecular weight is 284 g/mol. The quantitative estimate of drug-likeness (QED) is 0.840. The highest BCUT2D eigenvalue weighted by atomic mass is 16.2. The van der Waals surface area contributed by atoms with Gasteiger partial charge in [-0.15, -0.1) is 0 Å². The van der Waals surface area contributed by atoms with E-state index in [1.54, 1.807) is 6.92 Å². The first-order valence-corrected chi connectivity index (χ1v) is 7.33. The topological polar surface area (TPSA) is 49.3 Å². The first-order chi connectivity index (χ1) is 10.1. The Balaban J connectivity index is 1.73. The van der Waals surface area contributed by atoms with Gasteiger partial charge in [0.25, 0.3) is 0 Å². The Morgan fingerprint density at radius 1 is 1.10 bits per heavy atom. The van der Waals surface area contributed by atoms with E-state index in [-0.39, 0.29) is 5.91 Å². The van der Waals surface area contributed by atoms with Gasteiger partial charge in [0, 0.05) is 39.6 Å². The summed E-state index contributed by atoms with van der Waals surface area (Å²) in [6.45, 7) is 7.84. The normalized spacial score (nSPS) is 16.4. The zero-order valence-electron chi connectivity index (χ0n) is 12.5. The number of piperazine rings is 1. The maximum absolute atomic E-state index is 11.3. The minimum Gasteiger partial charge on any atom is -0.340 e. The summed E-state index contributed by atoms with van der Waals surface area (Å²) in [5.74, 6) is 0.163. The molecule has 0 bridgehead atoms. The van der Waals surface area contributed by atoms with Gasteiger partial charge in [-0.25, -0.2) is 9.97 Å². The first-order valence-electron chi connectivity index (χ1n) is 7.33. The van der Waals surface area contributed by atoms with Crippen LogP contribution in [0.25, 0.3) is 11.0 Å². The second-order valence-electron chi connectivity index (χ2n) is 5.53. The van der Waals surface area contributed by atoms with Crippen LogP contribution >= 0.6 is 0 Å². The van der Waals surface area contributed by atoms with Gasteiger partial charge in [-0.05, 0) is 19.1 Å². The molecule has 1 aromatic heterocycles. The van der Waals surface area contributed by atoms with E-state index in [9.17, 15) is 4.79 Å². The predicted molar refractivity (Wildman–Crippen MR) is 81.8 cm³/mol. The Labute approximate surface area is 124 Å². The number of benzene rings is 1. The molecule has 0 spiro atoms. The zero-order chi connectivity index (χ0) is 14.8. The molecule has 5 heteroatoms. The van der Waals surface area contributed by atoms with E-state index in [1.165, 1.54) is 0 Å². The Bertz CT molecular complexity index is 662. The van der Waals surface area contributed by atoms with Crippen LogP contribution in [0.1, 0.15) is 18.3 Å². The molecule has 1 aromatic carbocycles. The minimum atomic E-state index is 0.163.